The summed E-state index contributed by atoms with van der Waals surface area (Å²) < 4.78 is 5.48. The Morgan fingerprint density at radius 3 is 2.28 bits per heavy atom. The topological polar surface area (TPSA) is 35.2 Å². The smallest absolute Gasteiger partial charge is 0.119 e. The van der Waals surface area contributed by atoms with Gasteiger partial charge in [0.1, 0.15) is 5.75 Å². The van der Waals surface area contributed by atoms with Gasteiger partial charge in [-0.25, -0.2) is 0 Å². The van der Waals surface area contributed by atoms with Gasteiger partial charge in [0.05, 0.1) is 6.61 Å². The molecule has 18 heavy (non-hydrogen) atoms. The molecular weight excluding hydrogens is 222 g/mol. The van der Waals surface area contributed by atoms with Crippen LogP contribution in [0.1, 0.15) is 51.0 Å². The molecule has 2 saturated carbocycles. The van der Waals surface area contributed by atoms with E-state index in [1.54, 1.807) is 0 Å². The van der Waals surface area contributed by atoms with Gasteiger partial charge < -0.3 is 10.5 Å². The summed E-state index contributed by atoms with van der Waals surface area (Å²) in [5, 5.41) is 0. The number of rotatable bonds is 3. The fraction of sp³-hybridized carbons (Fsp3) is 0.625. The first-order chi connectivity index (χ1) is 8.66. The van der Waals surface area contributed by atoms with E-state index in [1.807, 2.05) is 19.1 Å². The Hall–Kier alpha value is -1.02. The van der Waals surface area contributed by atoms with Gasteiger partial charge in [0.25, 0.3) is 0 Å². The van der Waals surface area contributed by atoms with Crippen molar-refractivity contribution >= 4 is 0 Å². The van der Waals surface area contributed by atoms with Crippen molar-refractivity contribution in [2.45, 2.75) is 51.0 Å². The van der Waals surface area contributed by atoms with E-state index >= 15 is 0 Å². The number of hydrogen-bond acceptors (Lipinski definition) is 2. The highest BCUT2D eigenvalue weighted by Crippen LogP contribution is 2.60. The highest BCUT2D eigenvalue weighted by atomic mass is 16.5. The van der Waals surface area contributed by atoms with Crippen LogP contribution >= 0.6 is 0 Å². The molecule has 0 saturated heterocycles. The van der Waals surface area contributed by atoms with Gasteiger partial charge in [-0.3, -0.25) is 0 Å². The molecule has 3 rings (SSSR count). The molecule has 1 aromatic carbocycles. The molecule has 0 bridgehead atoms. The fourth-order valence-electron chi connectivity index (χ4n) is 4.02. The summed E-state index contributed by atoms with van der Waals surface area (Å²) in [5.74, 6) is 0.944. The van der Waals surface area contributed by atoms with Gasteiger partial charge in [0.2, 0.25) is 0 Å². The molecule has 0 aromatic heterocycles. The van der Waals surface area contributed by atoms with Crippen molar-refractivity contribution in [2.24, 2.45) is 11.1 Å². The summed E-state index contributed by atoms with van der Waals surface area (Å²) in [4.78, 5) is 0. The Labute approximate surface area is 110 Å². The molecule has 98 valence electrons. The van der Waals surface area contributed by atoms with Gasteiger partial charge in [0, 0.05) is 5.54 Å². The van der Waals surface area contributed by atoms with Gasteiger partial charge >= 0.3 is 0 Å². The zero-order valence-corrected chi connectivity index (χ0v) is 11.2. The molecule has 2 aliphatic rings. The molecule has 0 heterocycles. The Morgan fingerprint density at radius 1 is 1.11 bits per heavy atom. The van der Waals surface area contributed by atoms with Crippen molar-refractivity contribution < 1.29 is 4.74 Å². The third kappa shape index (κ3) is 1.93. The maximum Gasteiger partial charge on any atom is 0.119 e. The van der Waals surface area contributed by atoms with Crippen molar-refractivity contribution in [1.29, 1.82) is 0 Å². The molecule has 0 atom stereocenters. The lowest BCUT2D eigenvalue weighted by atomic mass is 9.55. The van der Waals surface area contributed by atoms with Crippen LogP contribution in [0.15, 0.2) is 24.3 Å². The first-order valence-corrected chi connectivity index (χ1v) is 7.18. The number of ether oxygens (including phenoxy) is 1. The molecule has 1 aromatic rings. The SMILES string of the molecule is CCOc1ccc(C2(N)CC3(CCCC3)C2)cc1. The highest BCUT2D eigenvalue weighted by molar-refractivity contribution is 5.34. The van der Waals surface area contributed by atoms with E-state index in [2.05, 4.69) is 12.1 Å². The second-order valence-electron chi connectivity index (χ2n) is 6.17. The van der Waals surface area contributed by atoms with Crippen molar-refractivity contribution in [2.75, 3.05) is 6.61 Å². The van der Waals surface area contributed by atoms with Crippen LogP contribution in [0.2, 0.25) is 0 Å². The molecule has 2 N–H and O–H groups in total. The van der Waals surface area contributed by atoms with E-state index in [0.717, 1.165) is 12.4 Å². The van der Waals surface area contributed by atoms with Crippen LogP contribution in [0.4, 0.5) is 0 Å². The first-order valence-electron chi connectivity index (χ1n) is 7.18. The molecule has 2 nitrogen and oxygen atoms in total. The molecule has 0 amide bonds. The van der Waals surface area contributed by atoms with Crippen LogP contribution < -0.4 is 10.5 Å². The van der Waals surface area contributed by atoms with E-state index in [9.17, 15) is 0 Å². The summed E-state index contributed by atoms with van der Waals surface area (Å²) in [7, 11) is 0. The Kier molecular flexibility index (Phi) is 2.86. The summed E-state index contributed by atoms with van der Waals surface area (Å²) >= 11 is 0. The van der Waals surface area contributed by atoms with Gasteiger partial charge in [-0.05, 0) is 55.7 Å². The van der Waals surface area contributed by atoms with Crippen LogP contribution in [-0.2, 0) is 5.54 Å². The van der Waals surface area contributed by atoms with Crippen LogP contribution in [-0.4, -0.2) is 6.61 Å². The predicted octanol–water partition coefficient (Wildman–Crippen LogP) is 3.59. The lowest BCUT2D eigenvalue weighted by molar-refractivity contribution is 0.0312. The zero-order valence-electron chi connectivity index (χ0n) is 11.2. The van der Waals surface area contributed by atoms with E-state index in [-0.39, 0.29) is 5.54 Å². The van der Waals surface area contributed by atoms with Crippen molar-refractivity contribution in [1.82, 2.24) is 0 Å². The maximum atomic E-state index is 6.56. The monoisotopic (exact) mass is 245 g/mol. The standard InChI is InChI=1S/C16H23NO/c1-2-18-14-7-5-13(6-8-14)16(17)11-15(12-16)9-3-4-10-15/h5-8H,2-4,9-12,17H2,1H3. The van der Waals surface area contributed by atoms with Gasteiger partial charge in [0.15, 0.2) is 0 Å². The van der Waals surface area contributed by atoms with E-state index in [0.29, 0.717) is 5.41 Å². The summed E-state index contributed by atoms with van der Waals surface area (Å²) in [6.45, 7) is 2.73. The Morgan fingerprint density at radius 2 is 1.72 bits per heavy atom. The summed E-state index contributed by atoms with van der Waals surface area (Å²) in [6.07, 6.45) is 7.94. The maximum absolute atomic E-state index is 6.56. The minimum atomic E-state index is -0.0743. The first kappa shape index (κ1) is 12.0. The fourth-order valence-corrected chi connectivity index (χ4v) is 4.02. The van der Waals surface area contributed by atoms with Crippen LogP contribution in [0.5, 0.6) is 5.75 Å². The normalized spacial score (nSPS) is 23.9. The number of hydrogen-bond donors (Lipinski definition) is 1. The van der Waals surface area contributed by atoms with Crippen LogP contribution in [0, 0.1) is 5.41 Å². The van der Waals surface area contributed by atoms with Crippen molar-refractivity contribution in [3.63, 3.8) is 0 Å². The van der Waals surface area contributed by atoms with Crippen LogP contribution in [0.25, 0.3) is 0 Å². The quantitative estimate of drug-likeness (QED) is 0.883. The third-order valence-electron chi connectivity index (χ3n) is 4.79. The molecule has 2 fully saturated rings. The second-order valence-corrected chi connectivity index (χ2v) is 6.17. The molecule has 0 aliphatic heterocycles. The zero-order chi connectivity index (χ0) is 12.6. The molecule has 2 heteroatoms. The van der Waals surface area contributed by atoms with Gasteiger partial charge in [-0.15, -0.1) is 0 Å². The minimum Gasteiger partial charge on any atom is -0.494 e. The van der Waals surface area contributed by atoms with Crippen LogP contribution in [0.3, 0.4) is 0 Å². The van der Waals surface area contributed by atoms with Crippen molar-refractivity contribution in [3.8, 4) is 5.75 Å². The molecule has 0 radical (unpaired) electrons. The lowest BCUT2D eigenvalue weighted by Crippen LogP contribution is -2.54. The average Bonchev–Trinajstić information content (AvgIpc) is 2.79. The third-order valence-corrected chi connectivity index (χ3v) is 4.79. The van der Waals surface area contributed by atoms with E-state index in [4.69, 9.17) is 10.5 Å². The minimum absolute atomic E-state index is 0.0743. The lowest BCUT2D eigenvalue weighted by Gasteiger charge is -2.53. The Bertz CT molecular complexity index is 409. The van der Waals surface area contributed by atoms with Gasteiger partial charge in [-0.2, -0.15) is 0 Å². The van der Waals surface area contributed by atoms with E-state index < -0.39 is 0 Å². The molecule has 0 unspecified atom stereocenters. The molecule has 1 spiro atoms. The highest BCUT2D eigenvalue weighted by Gasteiger charge is 2.53. The largest absolute Gasteiger partial charge is 0.494 e. The molecular formula is C16H23NO. The van der Waals surface area contributed by atoms with E-state index in [1.165, 1.54) is 44.1 Å². The molecule has 2 aliphatic carbocycles. The van der Waals surface area contributed by atoms with Gasteiger partial charge in [-0.1, -0.05) is 25.0 Å². The average molecular weight is 245 g/mol. The summed E-state index contributed by atoms with van der Waals surface area (Å²) in [6, 6.07) is 8.39. The number of nitrogens with two attached hydrogens (primary N) is 1. The van der Waals surface area contributed by atoms with Crippen molar-refractivity contribution in [3.05, 3.63) is 29.8 Å². The number of benzene rings is 1. The summed E-state index contributed by atoms with van der Waals surface area (Å²) in [5.41, 5.74) is 8.36. The Balaban J connectivity index is 1.71. The second kappa shape index (κ2) is 4.27. The predicted molar refractivity (Wildman–Crippen MR) is 73.6 cm³/mol.